The second-order valence-corrected chi connectivity index (χ2v) is 4.64. The van der Waals surface area contributed by atoms with Crippen molar-refractivity contribution in [3.05, 3.63) is 0 Å². The van der Waals surface area contributed by atoms with Crippen LogP contribution in [0.4, 0.5) is 4.79 Å². The van der Waals surface area contributed by atoms with Crippen LogP contribution < -0.4 is 10.6 Å². The van der Waals surface area contributed by atoms with Crippen molar-refractivity contribution in [2.45, 2.75) is 57.9 Å². The maximum absolute atomic E-state index is 11.5. The Morgan fingerprint density at radius 3 is 2.30 bits per heavy atom. The molecule has 0 aromatic carbocycles. The van der Waals surface area contributed by atoms with E-state index in [0.717, 1.165) is 25.7 Å². The predicted molar refractivity (Wildman–Crippen MR) is 73.6 cm³/mol. The highest BCUT2D eigenvalue weighted by Gasteiger charge is 2.19. The lowest BCUT2D eigenvalue weighted by atomic mass is 10.1. The van der Waals surface area contributed by atoms with E-state index >= 15 is 0 Å². The highest BCUT2D eigenvalue weighted by molar-refractivity contribution is 5.82. The Labute approximate surface area is 118 Å². The van der Waals surface area contributed by atoms with Crippen LogP contribution in [0.3, 0.4) is 0 Å². The summed E-state index contributed by atoms with van der Waals surface area (Å²) in [6.07, 6.45) is 4.31. The minimum Gasteiger partial charge on any atom is -0.481 e. The summed E-state index contributed by atoms with van der Waals surface area (Å²) >= 11 is 0. The molecule has 0 aliphatic rings. The second kappa shape index (κ2) is 11.1. The minimum atomic E-state index is -1.16. The number of carboxylic acid groups (broad SMARTS) is 2. The number of aliphatic carboxylic acids is 2. The molecule has 116 valence electrons. The smallest absolute Gasteiger partial charge is 0.326 e. The lowest BCUT2D eigenvalue weighted by molar-refractivity contribution is -0.140. The average Bonchev–Trinajstić information content (AvgIpc) is 2.36. The molecular weight excluding hydrogens is 264 g/mol. The molecule has 0 spiro atoms. The molecule has 0 heterocycles. The second-order valence-electron chi connectivity index (χ2n) is 4.64. The molecule has 1 atom stereocenters. The van der Waals surface area contributed by atoms with E-state index in [1.165, 1.54) is 0 Å². The van der Waals surface area contributed by atoms with Gasteiger partial charge >= 0.3 is 18.0 Å². The fourth-order valence-electron chi connectivity index (χ4n) is 1.68. The van der Waals surface area contributed by atoms with Crippen LogP contribution in [0.15, 0.2) is 0 Å². The zero-order valence-electron chi connectivity index (χ0n) is 11.9. The number of hydrogen-bond donors (Lipinski definition) is 4. The van der Waals surface area contributed by atoms with Crippen molar-refractivity contribution >= 4 is 18.0 Å². The fraction of sp³-hybridized carbons (Fsp3) is 0.769. The number of urea groups is 1. The summed E-state index contributed by atoms with van der Waals surface area (Å²) in [5.41, 5.74) is 0. The summed E-state index contributed by atoms with van der Waals surface area (Å²) in [6, 6.07) is -1.57. The molecule has 0 radical (unpaired) electrons. The molecule has 0 saturated carbocycles. The lowest BCUT2D eigenvalue weighted by Gasteiger charge is -2.14. The molecule has 0 unspecified atom stereocenters. The third-order valence-electron chi connectivity index (χ3n) is 2.80. The first-order chi connectivity index (χ1) is 9.47. The number of amides is 2. The molecule has 20 heavy (non-hydrogen) atoms. The van der Waals surface area contributed by atoms with E-state index in [1.54, 1.807) is 0 Å². The van der Waals surface area contributed by atoms with Gasteiger partial charge in [-0.25, -0.2) is 9.59 Å². The van der Waals surface area contributed by atoms with Gasteiger partial charge in [-0.1, -0.05) is 26.2 Å². The topological polar surface area (TPSA) is 116 Å². The molecule has 4 N–H and O–H groups in total. The standard InChI is InChI=1S/C13H24N2O5/c1-2-3-4-5-9-14-13(20)15-10(12(18)19)7-6-8-11(16)17/h10H,2-9H2,1H3,(H,16,17)(H,18,19)(H2,14,15,20)/t10-/m1/s1. The van der Waals surface area contributed by atoms with Crippen molar-refractivity contribution in [2.75, 3.05) is 6.54 Å². The molecule has 0 aliphatic heterocycles. The molecule has 2 amide bonds. The quantitative estimate of drug-likeness (QED) is 0.431. The van der Waals surface area contributed by atoms with Gasteiger partial charge in [0.25, 0.3) is 0 Å². The van der Waals surface area contributed by atoms with E-state index < -0.39 is 24.0 Å². The lowest BCUT2D eigenvalue weighted by Crippen LogP contribution is -2.46. The van der Waals surface area contributed by atoms with E-state index in [4.69, 9.17) is 10.2 Å². The highest BCUT2D eigenvalue weighted by Crippen LogP contribution is 2.02. The summed E-state index contributed by atoms with van der Waals surface area (Å²) in [4.78, 5) is 32.8. The first kappa shape index (κ1) is 18.2. The Morgan fingerprint density at radius 1 is 1.05 bits per heavy atom. The fourth-order valence-corrected chi connectivity index (χ4v) is 1.68. The van der Waals surface area contributed by atoms with Gasteiger partial charge in [-0.05, 0) is 19.3 Å². The normalized spacial score (nSPS) is 11.7. The number of hydrogen-bond acceptors (Lipinski definition) is 3. The van der Waals surface area contributed by atoms with E-state index in [-0.39, 0.29) is 19.3 Å². The van der Waals surface area contributed by atoms with Crippen LogP contribution >= 0.6 is 0 Å². The van der Waals surface area contributed by atoms with Crippen molar-refractivity contribution in [3.8, 4) is 0 Å². The van der Waals surface area contributed by atoms with Crippen LogP contribution in [0.1, 0.15) is 51.9 Å². The van der Waals surface area contributed by atoms with E-state index in [2.05, 4.69) is 17.6 Å². The molecule has 7 nitrogen and oxygen atoms in total. The molecule has 0 aliphatic carbocycles. The number of unbranched alkanes of at least 4 members (excludes halogenated alkanes) is 3. The zero-order valence-corrected chi connectivity index (χ0v) is 11.9. The summed E-state index contributed by atoms with van der Waals surface area (Å²) in [6.45, 7) is 2.60. The summed E-state index contributed by atoms with van der Waals surface area (Å²) in [7, 11) is 0. The number of rotatable bonds is 11. The molecule has 0 bridgehead atoms. The highest BCUT2D eigenvalue weighted by atomic mass is 16.4. The molecule has 0 rings (SSSR count). The summed E-state index contributed by atoms with van der Waals surface area (Å²) in [5.74, 6) is -2.13. The Kier molecular flexibility index (Phi) is 10.1. The van der Waals surface area contributed by atoms with Crippen LogP contribution in [0, 0.1) is 0 Å². The van der Waals surface area contributed by atoms with Crippen LogP contribution in [-0.4, -0.2) is 40.8 Å². The first-order valence-electron chi connectivity index (χ1n) is 6.96. The summed E-state index contributed by atoms with van der Waals surface area (Å²) < 4.78 is 0. The third kappa shape index (κ3) is 10.2. The van der Waals surface area contributed by atoms with Gasteiger partial charge in [0.15, 0.2) is 0 Å². The number of carbonyl (C=O) groups excluding carboxylic acids is 1. The van der Waals surface area contributed by atoms with Gasteiger partial charge in [-0.3, -0.25) is 4.79 Å². The monoisotopic (exact) mass is 288 g/mol. The van der Waals surface area contributed by atoms with Crippen LogP contribution in [-0.2, 0) is 9.59 Å². The molecule has 0 fully saturated rings. The predicted octanol–water partition coefficient (Wildman–Crippen LogP) is 1.57. The Hall–Kier alpha value is -1.79. The average molecular weight is 288 g/mol. The third-order valence-corrected chi connectivity index (χ3v) is 2.80. The van der Waals surface area contributed by atoms with Crippen molar-refractivity contribution in [1.29, 1.82) is 0 Å². The first-order valence-corrected chi connectivity index (χ1v) is 6.96. The van der Waals surface area contributed by atoms with Crippen molar-refractivity contribution in [1.82, 2.24) is 10.6 Å². The van der Waals surface area contributed by atoms with Crippen LogP contribution in [0.5, 0.6) is 0 Å². The zero-order chi connectivity index (χ0) is 15.4. The largest absolute Gasteiger partial charge is 0.481 e. The molecule has 0 saturated heterocycles. The Balaban J connectivity index is 3.89. The van der Waals surface area contributed by atoms with E-state index in [0.29, 0.717) is 6.54 Å². The van der Waals surface area contributed by atoms with Gasteiger partial charge in [0.2, 0.25) is 0 Å². The Morgan fingerprint density at radius 2 is 1.75 bits per heavy atom. The number of carboxylic acids is 2. The van der Waals surface area contributed by atoms with Gasteiger partial charge in [-0.15, -0.1) is 0 Å². The van der Waals surface area contributed by atoms with Gasteiger partial charge in [0.1, 0.15) is 6.04 Å². The van der Waals surface area contributed by atoms with E-state index in [9.17, 15) is 14.4 Å². The van der Waals surface area contributed by atoms with Crippen LogP contribution in [0.2, 0.25) is 0 Å². The minimum absolute atomic E-state index is 0.102. The van der Waals surface area contributed by atoms with Crippen molar-refractivity contribution < 1.29 is 24.6 Å². The molecular formula is C13H24N2O5. The van der Waals surface area contributed by atoms with Gasteiger partial charge in [-0.2, -0.15) is 0 Å². The van der Waals surface area contributed by atoms with Crippen molar-refractivity contribution in [2.24, 2.45) is 0 Å². The van der Waals surface area contributed by atoms with Crippen LogP contribution in [0.25, 0.3) is 0 Å². The van der Waals surface area contributed by atoms with E-state index in [1.807, 2.05) is 0 Å². The maximum atomic E-state index is 11.5. The van der Waals surface area contributed by atoms with Gasteiger partial charge < -0.3 is 20.8 Å². The SMILES string of the molecule is CCCCCCNC(=O)N[C@H](CCCC(=O)O)C(=O)O. The molecule has 0 aromatic rings. The van der Waals surface area contributed by atoms with Crippen molar-refractivity contribution in [3.63, 3.8) is 0 Å². The summed E-state index contributed by atoms with van der Waals surface area (Å²) in [5, 5.41) is 22.4. The number of carbonyl (C=O) groups is 3. The number of nitrogens with one attached hydrogen (secondary N) is 2. The van der Waals surface area contributed by atoms with Gasteiger partial charge in [0.05, 0.1) is 0 Å². The molecule has 7 heteroatoms. The van der Waals surface area contributed by atoms with Gasteiger partial charge in [0, 0.05) is 13.0 Å². The molecule has 0 aromatic heterocycles. The maximum Gasteiger partial charge on any atom is 0.326 e. The Bertz CT molecular complexity index is 320.